The number of rotatable bonds is 3. The van der Waals surface area contributed by atoms with Gasteiger partial charge in [-0.1, -0.05) is 0 Å². The number of halogens is 3. The third-order valence-corrected chi connectivity index (χ3v) is 2.32. The smallest absolute Gasteiger partial charge is 0.137 e. The lowest BCUT2D eigenvalue weighted by molar-refractivity contribution is 0.229. The minimum absolute atomic E-state index is 0. The van der Waals surface area contributed by atoms with Gasteiger partial charge in [-0.05, 0) is 0 Å². The summed E-state index contributed by atoms with van der Waals surface area (Å²) in [5, 5.41) is 7.40. The maximum Gasteiger partial charge on any atom is 0.137 e. The molecule has 0 bridgehead atoms. The van der Waals surface area contributed by atoms with Crippen LogP contribution in [0, 0.1) is 0 Å². The van der Waals surface area contributed by atoms with E-state index >= 15 is 0 Å². The fourth-order valence-corrected chi connectivity index (χ4v) is 1.53. The Morgan fingerprint density at radius 3 is 2.31 bits per heavy atom. The van der Waals surface area contributed by atoms with Crippen LogP contribution in [0.5, 0.6) is 0 Å². The third-order valence-electron chi connectivity index (χ3n) is 2.32. The van der Waals surface area contributed by atoms with Gasteiger partial charge in [0.25, 0.3) is 0 Å². The van der Waals surface area contributed by atoms with Crippen molar-refractivity contribution in [2.45, 2.75) is 6.54 Å². The van der Waals surface area contributed by atoms with Gasteiger partial charge in [-0.25, -0.2) is 4.98 Å². The van der Waals surface area contributed by atoms with E-state index in [-0.39, 0.29) is 37.2 Å². The lowest BCUT2D eigenvalue weighted by Crippen LogP contribution is -2.44. The average Bonchev–Trinajstić information content (AvgIpc) is 2.69. The average molecular weight is 291 g/mol. The highest BCUT2D eigenvalue weighted by molar-refractivity contribution is 5.86. The van der Waals surface area contributed by atoms with Crippen molar-refractivity contribution in [1.29, 1.82) is 0 Å². The Balaban J connectivity index is 0. The molecule has 0 saturated carbocycles. The molecule has 1 aliphatic heterocycles. The van der Waals surface area contributed by atoms with E-state index in [1.165, 1.54) is 0 Å². The first-order valence-electron chi connectivity index (χ1n) is 4.70. The molecule has 0 unspecified atom stereocenters. The van der Waals surface area contributed by atoms with Crippen LogP contribution in [0.3, 0.4) is 0 Å². The number of hydrogen-bond donors (Lipinski definition) is 1. The summed E-state index contributed by atoms with van der Waals surface area (Å²) in [6.45, 7) is 6.53. The van der Waals surface area contributed by atoms with Crippen LogP contribution in [0.4, 0.5) is 0 Å². The zero-order valence-electron chi connectivity index (χ0n) is 8.91. The molecule has 0 spiro atoms. The lowest BCUT2D eigenvalue weighted by Gasteiger charge is -2.26. The van der Waals surface area contributed by atoms with Crippen molar-refractivity contribution in [2.75, 3.05) is 32.7 Å². The van der Waals surface area contributed by atoms with E-state index in [1.54, 1.807) is 12.7 Å². The molecule has 0 aliphatic carbocycles. The minimum Gasteiger partial charge on any atom is -0.314 e. The van der Waals surface area contributed by atoms with Crippen molar-refractivity contribution >= 4 is 37.2 Å². The van der Waals surface area contributed by atoms with E-state index < -0.39 is 0 Å². The largest absolute Gasteiger partial charge is 0.314 e. The summed E-state index contributed by atoms with van der Waals surface area (Å²) in [4.78, 5) is 6.35. The van der Waals surface area contributed by atoms with Crippen molar-refractivity contribution in [3.05, 3.63) is 12.7 Å². The molecule has 1 N–H and O–H groups in total. The first kappa shape index (κ1) is 18.3. The number of piperazine rings is 1. The summed E-state index contributed by atoms with van der Waals surface area (Å²) in [5.74, 6) is 0. The van der Waals surface area contributed by atoms with E-state index in [2.05, 4.69) is 20.3 Å². The van der Waals surface area contributed by atoms with Crippen LogP contribution in [0.15, 0.2) is 12.7 Å². The number of nitrogens with one attached hydrogen (secondary N) is 1. The highest BCUT2D eigenvalue weighted by atomic mass is 35.5. The number of nitrogens with zero attached hydrogens (tertiary/aromatic N) is 4. The number of aromatic nitrogens is 3. The Kier molecular flexibility index (Phi) is 11.6. The first-order chi connectivity index (χ1) is 6.45. The maximum absolute atomic E-state index is 4.06. The molecule has 1 saturated heterocycles. The quantitative estimate of drug-likeness (QED) is 0.878. The molecule has 1 aliphatic rings. The normalized spacial score (nSPS) is 15.5. The van der Waals surface area contributed by atoms with Crippen LogP contribution in [0.2, 0.25) is 0 Å². The van der Waals surface area contributed by atoms with E-state index in [1.807, 2.05) is 4.68 Å². The van der Waals surface area contributed by atoms with Gasteiger partial charge in [0.15, 0.2) is 0 Å². The van der Waals surface area contributed by atoms with Crippen molar-refractivity contribution < 1.29 is 0 Å². The molecule has 0 amide bonds. The van der Waals surface area contributed by atoms with Crippen LogP contribution < -0.4 is 5.32 Å². The van der Waals surface area contributed by atoms with Crippen LogP contribution in [-0.2, 0) is 6.54 Å². The zero-order valence-corrected chi connectivity index (χ0v) is 11.4. The summed E-state index contributed by atoms with van der Waals surface area (Å²) in [6.07, 6.45) is 3.35. The van der Waals surface area contributed by atoms with Crippen molar-refractivity contribution in [1.82, 2.24) is 25.0 Å². The van der Waals surface area contributed by atoms with Crippen LogP contribution in [0.25, 0.3) is 0 Å². The Morgan fingerprint density at radius 1 is 1.06 bits per heavy atom. The summed E-state index contributed by atoms with van der Waals surface area (Å²) in [6, 6.07) is 0. The van der Waals surface area contributed by atoms with Gasteiger partial charge in [-0.15, -0.1) is 37.2 Å². The molecule has 1 aromatic heterocycles. The van der Waals surface area contributed by atoms with Crippen LogP contribution in [0.1, 0.15) is 0 Å². The van der Waals surface area contributed by atoms with E-state index in [0.717, 1.165) is 39.3 Å². The van der Waals surface area contributed by atoms with E-state index in [4.69, 9.17) is 0 Å². The van der Waals surface area contributed by atoms with Gasteiger partial charge >= 0.3 is 0 Å². The molecule has 96 valence electrons. The second-order valence-electron chi connectivity index (χ2n) is 3.25. The van der Waals surface area contributed by atoms with Gasteiger partial charge in [0.05, 0.1) is 6.54 Å². The molecule has 1 aromatic rings. The van der Waals surface area contributed by atoms with Gasteiger partial charge in [-0.3, -0.25) is 9.58 Å². The van der Waals surface area contributed by atoms with Gasteiger partial charge in [0.1, 0.15) is 12.7 Å². The molecule has 8 heteroatoms. The molecular weight excluding hydrogens is 272 g/mol. The molecular formula is C8H18Cl3N5. The SMILES string of the molecule is Cl.Cl.Cl.c1ncn(CCN2CCNCC2)n1. The Hall–Kier alpha value is -0.0700. The summed E-state index contributed by atoms with van der Waals surface area (Å²) < 4.78 is 1.88. The monoisotopic (exact) mass is 289 g/mol. The Bertz CT molecular complexity index is 238. The fraction of sp³-hybridized carbons (Fsp3) is 0.750. The summed E-state index contributed by atoms with van der Waals surface area (Å²) >= 11 is 0. The van der Waals surface area contributed by atoms with Crippen LogP contribution >= 0.6 is 37.2 Å². The van der Waals surface area contributed by atoms with Gasteiger partial charge < -0.3 is 5.32 Å². The van der Waals surface area contributed by atoms with Crippen molar-refractivity contribution in [3.8, 4) is 0 Å². The molecule has 2 rings (SSSR count). The standard InChI is InChI=1S/C8H15N5.3ClH/c1-3-12(4-2-9-1)5-6-13-8-10-7-11-13;;;/h7-9H,1-6H2;3*1H. The fourth-order valence-electron chi connectivity index (χ4n) is 1.53. The predicted molar refractivity (Wildman–Crippen MR) is 71.1 cm³/mol. The van der Waals surface area contributed by atoms with Gasteiger partial charge in [0.2, 0.25) is 0 Å². The highest BCUT2D eigenvalue weighted by Crippen LogP contribution is 1.92. The highest BCUT2D eigenvalue weighted by Gasteiger charge is 2.08. The van der Waals surface area contributed by atoms with E-state index in [0.29, 0.717) is 0 Å². The Morgan fingerprint density at radius 2 is 1.75 bits per heavy atom. The molecule has 0 radical (unpaired) electrons. The predicted octanol–water partition coefficient (Wildman–Crippen LogP) is 0.449. The maximum atomic E-state index is 4.06. The van der Waals surface area contributed by atoms with E-state index in [9.17, 15) is 0 Å². The molecule has 0 atom stereocenters. The minimum atomic E-state index is 0. The van der Waals surface area contributed by atoms with Gasteiger partial charge in [0, 0.05) is 32.7 Å². The lowest BCUT2D eigenvalue weighted by atomic mass is 10.3. The Labute approximate surface area is 114 Å². The molecule has 5 nitrogen and oxygen atoms in total. The third kappa shape index (κ3) is 5.86. The second-order valence-corrected chi connectivity index (χ2v) is 3.25. The number of hydrogen-bond acceptors (Lipinski definition) is 4. The topological polar surface area (TPSA) is 46.0 Å². The second kappa shape index (κ2) is 10.1. The molecule has 16 heavy (non-hydrogen) atoms. The summed E-state index contributed by atoms with van der Waals surface area (Å²) in [5.41, 5.74) is 0. The van der Waals surface area contributed by atoms with Crippen LogP contribution in [-0.4, -0.2) is 52.4 Å². The van der Waals surface area contributed by atoms with Gasteiger partial charge in [-0.2, -0.15) is 5.10 Å². The molecule has 1 fully saturated rings. The first-order valence-corrected chi connectivity index (χ1v) is 4.70. The summed E-state index contributed by atoms with van der Waals surface area (Å²) in [7, 11) is 0. The zero-order chi connectivity index (χ0) is 8.93. The molecule has 2 heterocycles. The van der Waals surface area contributed by atoms with Crippen molar-refractivity contribution in [3.63, 3.8) is 0 Å². The molecule has 0 aromatic carbocycles. The van der Waals surface area contributed by atoms with Crippen molar-refractivity contribution in [2.24, 2.45) is 0 Å².